The molecular formula is C25H40N7O20P3S. The van der Waals surface area contributed by atoms with Gasteiger partial charge in [0.2, 0.25) is 18.1 Å². The number of carbonyl (C=O) groups is 5. The van der Waals surface area contributed by atoms with E-state index in [-0.39, 0.29) is 47.9 Å². The molecule has 2 aromatic rings. The van der Waals surface area contributed by atoms with E-state index in [4.69, 9.17) is 34.2 Å². The second-order valence-corrected chi connectivity index (χ2v) is 17.4. The van der Waals surface area contributed by atoms with Crippen LogP contribution in [0.25, 0.3) is 11.2 Å². The lowest BCUT2D eigenvalue weighted by atomic mass is 9.87. The van der Waals surface area contributed by atoms with Crippen molar-refractivity contribution in [2.24, 2.45) is 5.41 Å². The summed E-state index contributed by atoms with van der Waals surface area (Å²) in [5.41, 5.74) is 4.26. The van der Waals surface area contributed by atoms with Gasteiger partial charge in [0.05, 0.1) is 19.5 Å². The first-order chi connectivity index (χ1) is 25.8. The van der Waals surface area contributed by atoms with Crippen LogP contribution in [-0.4, -0.2) is 140 Å². The third-order valence-corrected chi connectivity index (χ3v) is 10.8. The van der Waals surface area contributed by atoms with Crippen LogP contribution in [-0.2, 0) is 60.3 Å². The molecule has 0 aromatic carbocycles. The molecular weight excluding hydrogens is 843 g/mol. The number of phosphoric acid groups is 3. The molecule has 3 unspecified atom stereocenters. The van der Waals surface area contributed by atoms with Gasteiger partial charge in [-0.3, -0.25) is 37.3 Å². The van der Waals surface area contributed by atoms with Gasteiger partial charge in [0.1, 0.15) is 36.3 Å². The Morgan fingerprint density at radius 1 is 1.07 bits per heavy atom. The van der Waals surface area contributed by atoms with Gasteiger partial charge in [-0.25, -0.2) is 33.4 Å². The van der Waals surface area contributed by atoms with Crippen LogP contribution in [0.4, 0.5) is 5.82 Å². The predicted octanol–water partition coefficient (Wildman–Crippen LogP) is -2.05. The van der Waals surface area contributed by atoms with Crippen molar-refractivity contribution >= 4 is 81.4 Å². The quantitative estimate of drug-likeness (QED) is 0.0296. The number of carboxylic acids is 1. The van der Waals surface area contributed by atoms with Crippen LogP contribution in [0.1, 0.15) is 33.4 Å². The van der Waals surface area contributed by atoms with Gasteiger partial charge in [0, 0.05) is 37.6 Å². The van der Waals surface area contributed by atoms with E-state index in [1.54, 1.807) is 0 Å². The van der Waals surface area contributed by atoms with Crippen molar-refractivity contribution in [2.45, 2.75) is 57.8 Å². The highest BCUT2D eigenvalue weighted by molar-refractivity contribution is 8.13. The normalized spacial score (nSPS) is 21.2. The number of fused-ring (bicyclic) bond motifs is 1. The van der Waals surface area contributed by atoms with E-state index in [2.05, 4.69) is 34.4 Å². The zero-order chi connectivity index (χ0) is 42.6. The molecule has 27 nitrogen and oxygen atoms in total. The van der Waals surface area contributed by atoms with Crippen molar-refractivity contribution in [1.82, 2.24) is 30.2 Å². The summed E-state index contributed by atoms with van der Waals surface area (Å²) in [5, 5.41) is 33.4. The number of nitrogen functional groups attached to an aromatic ring is 1. The fraction of sp³-hybridized carbons (Fsp3) is 0.600. The Morgan fingerprint density at radius 3 is 2.29 bits per heavy atom. The number of nitrogens with one attached hydrogen (secondary N) is 2. The molecule has 1 aliphatic rings. The Hall–Kier alpha value is -3.30. The van der Waals surface area contributed by atoms with Gasteiger partial charge in [-0.2, -0.15) is 4.31 Å². The molecule has 11 N–H and O–H groups in total. The van der Waals surface area contributed by atoms with Crippen LogP contribution < -0.4 is 16.4 Å². The maximum atomic E-state index is 12.6. The minimum atomic E-state index is -5.56. The van der Waals surface area contributed by atoms with E-state index >= 15 is 0 Å². The zero-order valence-electron chi connectivity index (χ0n) is 29.4. The molecule has 31 heteroatoms. The van der Waals surface area contributed by atoms with Crippen LogP contribution >= 0.6 is 35.2 Å². The number of aliphatic carboxylic acids is 1. The number of phosphoric ester groups is 3. The third-order valence-electron chi connectivity index (χ3n) is 6.91. The summed E-state index contributed by atoms with van der Waals surface area (Å²) in [6, 6.07) is 0. The number of aromatic nitrogens is 4. The molecule has 56 heavy (non-hydrogen) atoms. The lowest BCUT2D eigenvalue weighted by Gasteiger charge is -2.30. The predicted molar refractivity (Wildman–Crippen MR) is 186 cm³/mol. The molecule has 1 saturated heterocycles. The molecule has 0 radical (unpaired) electrons. The van der Waals surface area contributed by atoms with Crippen molar-refractivity contribution in [2.75, 3.05) is 37.8 Å². The fourth-order valence-electron chi connectivity index (χ4n) is 4.32. The first-order valence-electron chi connectivity index (χ1n) is 15.5. The Bertz CT molecular complexity index is 1860. The number of ether oxygens (including phenoxy) is 1. The molecule has 0 aliphatic carbocycles. The molecule has 0 bridgehead atoms. The molecule has 1 fully saturated rings. The highest BCUT2D eigenvalue weighted by Crippen LogP contribution is 2.61. The highest BCUT2D eigenvalue weighted by atomic mass is 32.2. The van der Waals surface area contributed by atoms with Gasteiger partial charge in [-0.1, -0.05) is 25.6 Å². The van der Waals surface area contributed by atoms with Crippen LogP contribution in [0.5, 0.6) is 0 Å². The van der Waals surface area contributed by atoms with Crippen LogP contribution in [0.3, 0.4) is 0 Å². The average molecular weight is 884 g/mol. The summed E-state index contributed by atoms with van der Waals surface area (Å²) in [7, 11) is -16.4. The number of aliphatic hydroxyl groups is 2. The number of hydrogen-bond acceptors (Lipinski definition) is 20. The number of nitrogens with zero attached hydrogens (tertiary/aromatic N) is 4. The van der Waals surface area contributed by atoms with E-state index in [1.807, 2.05) is 0 Å². The zero-order valence-corrected chi connectivity index (χ0v) is 32.9. The molecule has 2 amide bonds. The SMILES string of the molecule is CC(=O)SCCNC(=O)CCNC(=O)C(O)C(C)(C)COP(=O)(O)OP(=O)(O)OC[C@H]1O[C@@H](n2cnc3c(N)ncnc32)[C@H](O)[C@@H]1OP(=O)(O)O.O=CC(=O)O. The van der Waals surface area contributed by atoms with Crippen LogP contribution in [0.2, 0.25) is 0 Å². The Balaban J connectivity index is 0.00000203. The van der Waals surface area contributed by atoms with Crippen molar-refractivity contribution in [3.63, 3.8) is 0 Å². The summed E-state index contributed by atoms with van der Waals surface area (Å²) in [5.74, 6) is -2.51. The smallest absolute Gasteiger partial charge is 0.476 e. The molecule has 0 saturated carbocycles. The number of nitrogens with two attached hydrogens (primary N) is 1. The fourth-order valence-corrected chi connectivity index (χ4v) is 7.65. The molecule has 1 aliphatic heterocycles. The van der Waals surface area contributed by atoms with Crippen LogP contribution in [0, 0.1) is 5.41 Å². The number of amides is 2. The molecule has 3 rings (SSSR count). The lowest BCUT2D eigenvalue weighted by molar-refractivity contribution is -0.143. The number of anilines is 1. The van der Waals surface area contributed by atoms with E-state index in [1.165, 1.54) is 20.8 Å². The number of carbonyl (C=O) groups excluding carboxylic acids is 4. The standard InChI is InChI=1S/C23H38N7O17P3S.C2H2O3/c1-12(31)51-7-6-25-14(32)4-5-26-21(35)18(34)23(2,3)9-44-50(41,42)47-49(39,40)43-8-13-17(46-48(36,37)38)16(33)22(45-13)30-11-29-15-19(24)27-10-28-20(15)30;3-1-2(4)5/h10-11,13,16-18,22,33-34H,4-9H2,1-3H3,(H,25,32)(H,26,35)(H,39,40)(H,41,42)(H2,24,27,28)(H2,36,37,38);1H,(H,4,5)/t13-,16-,17-,18?,22-;/m1./s1. The molecule has 2 aromatic heterocycles. The van der Waals surface area contributed by atoms with Gasteiger partial charge in [-0.05, 0) is 0 Å². The number of thioether (sulfide) groups is 1. The van der Waals surface area contributed by atoms with Gasteiger partial charge >= 0.3 is 29.4 Å². The van der Waals surface area contributed by atoms with Crippen molar-refractivity contribution in [1.29, 1.82) is 0 Å². The van der Waals surface area contributed by atoms with Crippen molar-refractivity contribution in [3.05, 3.63) is 12.7 Å². The number of carboxylic acid groups (broad SMARTS) is 1. The number of imidazole rings is 1. The summed E-state index contributed by atoms with van der Waals surface area (Å²) in [4.78, 5) is 104. The largest absolute Gasteiger partial charge is 0.481 e. The summed E-state index contributed by atoms with van der Waals surface area (Å²) < 4.78 is 61.8. The number of hydrogen-bond donors (Lipinski definition) is 10. The molecule has 316 valence electrons. The van der Waals surface area contributed by atoms with Gasteiger partial charge in [-0.15, -0.1) is 0 Å². The Labute approximate surface area is 320 Å². The van der Waals surface area contributed by atoms with Gasteiger partial charge in [0.25, 0.3) is 0 Å². The van der Waals surface area contributed by atoms with Crippen LogP contribution in [0.15, 0.2) is 12.7 Å². The third kappa shape index (κ3) is 15.9. The number of rotatable bonds is 20. The van der Waals surface area contributed by atoms with Gasteiger partial charge in [0.15, 0.2) is 22.8 Å². The Kier molecular flexibility index (Phi) is 18.2. The highest BCUT2D eigenvalue weighted by Gasteiger charge is 2.50. The Morgan fingerprint density at radius 2 is 1.70 bits per heavy atom. The second-order valence-electron chi connectivity index (χ2n) is 11.9. The first-order valence-corrected chi connectivity index (χ1v) is 21.0. The molecule has 3 heterocycles. The van der Waals surface area contributed by atoms with Crippen molar-refractivity contribution in [3.8, 4) is 0 Å². The number of aldehydes is 1. The maximum Gasteiger partial charge on any atom is 0.481 e. The molecule has 7 atom stereocenters. The summed E-state index contributed by atoms with van der Waals surface area (Å²) in [6.07, 6.45) is -7.05. The summed E-state index contributed by atoms with van der Waals surface area (Å²) >= 11 is 1.03. The van der Waals surface area contributed by atoms with Gasteiger partial charge < -0.3 is 56.0 Å². The van der Waals surface area contributed by atoms with E-state index < -0.39 is 90.5 Å². The minimum Gasteiger partial charge on any atom is -0.476 e. The lowest BCUT2D eigenvalue weighted by Crippen LogP contribution is -2.46. The minimum absolute atomic E-state index is 0.0310. The van der Waals surface area contributed by atoms with E-state index in [9.17, 15) is 57.9 Å². The van der Waals surface area contributed by atoms with E-state index in [0.717, 1.165) is 29.0 Å². The van der Waals surface area contributed by atoms with Crippen molar-refractivity contribution < 1.29 is 95.2 Å². The summed E-state index contributed by atoms with van der Waals surface area (Å²) in [6.45, 7) is 1.90. The van der Waals surface area contributed by atoms with E-state index in [0.29, 0.717) is 5.75 Å². The molecule has 0 spiro atoms. The monoisotopic (exact) mass is 883 g/mol. The average Bonchev–Trinajstić information content (AvgIpc) is 3.64. The topological polar surface area (TPSA) is 418 Å². The first kappa shape index (κ1) is 48.8. The second kappa shape index (κ2) is 20.9. The maximum absolute atomic E-state index is 12.6. The number of aliphatic hydroxyl groups excluding tert-OH is 2.